The lowest BCUT2D eigenvalue weighted by atomic mass is 10.1. The van der Waals surface area contributed by atoms with E-state index in [-0.39, 0.29) is 24.2 Å². The summed E-state index contributed by atoms with van der Waals surface area (Å²) in [5, 5.41) is 2.72. The maximum atomic E-state index is 12.8. The van der Waals surface area contributed by atoms with Crippen molar-refractivity contribution in [1.82, 2.24) is 15.3 Å². The molecule has 6 heteroatoms. The summed E-state index contributed by atoms with van der Waals surface area (Å²) in [6, 6.07) is 7.74. The molecule has 2 rings (SSSR count). The summed E-state index contributed by atoms with van der Waals surface area (Å²) >= 11 is 0. The van der Waals surface area contributed by atoms with E-state index in [1.807, 2.05) is 20.8 Å². The molecule has 0 saturated heterocycles. The predicted molar refractivity (Wildman–Crippen MR) is 89.2 cm³/mol. The quantitative estimate of drug-likeness (QED) is 0.847. The number of nitrogens with one attached hydrogen (secondary N) is 1. The van der Waals surface area contributed by atoms with Crippen molar-refractivity contribution in [2.24, 2.45) is 0 Å². The Morgan fingerprint density at radius 2 is 1.96 bits per heavy atom. The zero-order valence-corrected chi connectivity index (χ0v) is 14.2. The van der Waals surface area contributed by atoms with Gasteiger partial charge in [0.05, 0.1) is 5.69 Å². The zero-order chi connectivity index (χ0) is 17.5. The van der Waals surface area contributed by atoms with Gasteiger partial charge in [0, 0.05) is 19.0 Å². The number of hydrogen-bond acceptors (Lipinski definition) is 4. The maximum absolute atomic E-state index is 12.8. The van der Waals surface area contributed by atoms with Crippen molar-refractivity contribution >= 4 is 5.91 Å². The third-order valence-electron chi connectivity index (χ3n) is 3.43. The molecule has 0 saturated carbocycles. The fraction of sp³-hybridized carbons (Fsp3) is 0.389. The maximum Gasteiger partial charge on any atom is 0.258 e. The SMILES string of the molecule is CCc1nc(OCC(=O)NCc2ccc(F)cc2)cc(C(C)C)n1. The van der Waals surface area contributed by atoms with Crippen LogP contribution in [0.25, 0.3) is 0 Å². The van der Waals surface area contributed by atoms with Crippen LogP contribution in [0.3, 0.4) is 0 Å². The Morgan fingerprint density at radius 1 is 1.25 bits per heavy atom. The molecule has 5 nitrogen and oxygen atoms in total. The number of rotatable bonds is 7. The fourth-order valence-electron chi connectivity index (χ4n) is 2.01. The number of carbonyl (C=O) groups is 1. The van der Waals surface area contributed by atoms with Crippen LogP contribution in [0.2, 0.25) is 0 Å². The predicted octanol–water partition coefficient (Wildman–Crippen LogP) is 3.00. The van der Waals surface area contributed by atoms with Gasteiger partial charge in [-0.15, -0.1) is 0 Å². The molecule has 0 spiro atoms. The molecule has 1 N–H and O–H groups in total. The highest BCUT2D eigenvalue weighted by Gasteiger charge is 2.09. The minimum Gasteiger partial charge on any atom is -0.467 e. The van der Waals surface area contributed by atoms with Crippen LogP contribution in [0.15, 0.2) is 30.3 Å². The first-order chi connectivity index (χ1) is 11.5. The van der Waals surface area contributed by atoms with Gasteiger partial charge >= 0.3 is 0 Å². The van der Waals surface area contributed by atoms with E-state index in [0.717, 1.165) is 11.3 Å². The summed E-state index contributed by atoms with van der Waals surface area (Å²) in [7, 11) is 0. The van der Waals surface area contributed by atoms with Crippen LogP contribution in [0.1, 0.15) is 43.8 Å². The first-order valence-electron chi connectivity index (χ1n) is 7.99. The average molecular weight is 331 g/mol. The summed E-state index contributed by atoms with van der Waals surface area (Å²) in [6.45, 7) is 6.25. The lowest BCUT2D eigenvalue weighted by molar-refractivity contribution is -0.123. The minimum absolute atomic E-state index is 0.126. The number of aromatic nitrogens is 2. The van der Waals surface area contributed by atoms with E-state index in [9.17, 15) is 9.18 Å². The number of carbonyl (C=O) groups excluding carboxylic acids is 1. The molecule has 128 valence electrons. The Bertz CT molecular complexity index is 687. The molecule has 24 heavy (non-hydrogen) atoms. The van der Waals surface area contributed by atoms with Gasteiger partial charge in [0.1, 0.15) is 11.6 Å². The van der Waals surface area contributed by atoms with Gasteiger partial charge in [0.15, 0.2) is 6.61 Å². The minimum atomic E-state index is -0.301. The highest BCUT2D eigenvalue weighted by Crippen LogP contribution is 2.17. The molecule has 1 heterocycles. The number of amides is 1. The Kier molecular flexibility index (Phi) is 6.23. The molecule has 1 aromatic heterocycles. The van der Waals surface area contributed by atoms with Gasteiger partial charge in [-0.05, 0) is 23.6 Å². The summed E-state index contributed by atoms with van der Waals surface area (Å²) < 4.78 is 18.3. The third kappa shape index (κ3) is 5.30. The smallest absolute Gasteiger partial charge is 0.258 e. The molecular weight excluding hydrogens is 309 g/mol. The van der Waals surface area contributed by atoms with Gasteiger partial charge in [-0.1, -0.05) is 32.9 Å². The van der Waals surface area contributed by atoms with E-state index < -0.39 is 0 Å². The molecule has 1 aromatic carbocycles. The van der Waals surface area contributed by atoms with E-state index in [1.54, 1.807) is 18.2 Å². The number of benzene rings is 1. The largest absolute Gasteiger partial charge is 0.467 e. The van der Waals surface area contributed by atoms with Crippen molar-refractivity contribution < 1.29 is 13.9 Å². The van der Waals surface area contributed by atoms with Crippen molar-refractivity contribution in [3.63, 3.8) is 0 Å². The topological polar surface area (TPSA) is 64.1 Å². The summed E-state index contributed by atoms with van der Waals surface area (Å²) in [6.07, 6.45) is 0.702. The Hall–Kier alpha value is -2.50. The molecule has 1 amide bonds. The van der Waals surface area contributed by atoms with E-state index >= 15 is 0 Å². The lowest BCUT2D eigenvalue weighted by Crippen LogP contribution is -2.28. The first-order valence-corrected chi connectivity index (χ1v) is 7.99. The van der Waals surface area contributed by atoms with Crippen LogP contribution in [0.4, 0.5) is 4.39 Å². The van der Waals surface area contributed by atoms with Crippen molar-refractivity contribution in [2.75, 3.05) is 6.61 Å². The fourth-order valence-corrected chi connectivity index (χ4v) is 2.01. The molecule has 0 radical (unpaired) electrons. The van der Waals surface area contributed by atoms with Gasteiger partial charge in [-0.2, -0.15) is 4.98 Å². The second-order valence-corrected chi connectivity index (χ2v) is 5.75. The molecule has 2 aromatic rings. The standard InChI is InChI=1S/C18H22FN3O2/c1-4-16-21-15(12(2)3)9-18(22-16)24-11-17(23)20-10-13-5-7-14(19)8-6-13/h5-9,12H,4,10-11H2,1-3H3,(H,20,23). The van der Waals surface area contributed by atoms with Gasteiger partial charge in [0.2, 0.25) is 5.88 Å². The molecule has 0 aliphatic heterocycles. The van der Waals surface area contributed by atoms with Crippen molar-refractivity contribution in [3.05, 3.63) is 53.2 Å². The summed E-state index contributed by atoms with van der Waals surface area (Å²) in [5.41, 5.74) is 1.71. The summed E-state index contributed by atoms with van der Waals surface area (Å²) in [4.78, 5) is 20.6. The highest BCUT2D eigenvalue weighted by atomic mass is 19.1. The van der Waals surface area contributed by atoms with Gasteiger partial charge < -0.3 is 10.1 Å². The molecular formula is C18H22FN3O2. The normalized spacial score (nSPS) is 10.7. The van der Waals surface area contributed by atoms with Crippen LogP contribution in [-0.4, -0.2) is 22.5 Å². The van der Waals surface area contributed by atoms with Crippen molar-refractivity contribution in [3.8, 4) is 5.88 Å². The van der Waals surface area contributed by atoms with Crippen molar-refractivity contribution in [2.45, 2.75) is 39.7 Å². The van der Waals surface area contributed by atoms with Crippen LogP contribution in [0.5, 0.6) is 5.88 Å². The van der Waals surface area contributed by atoms with Gasteiger partial charge in [-0.25, -0.2) is 9.37 Å². The second-order valence-electron chi connectivity index (χ2n) is 5.75. The van der Waals surface area contributed by atoms with Gasteiger partial charge in [0.25, 0.3) is 5.91 Å². The highest BCUT2D eigenvalue weighted by molar-refractivity contribution is 5.77. The molecule has 0 unspecified atom stereocenters. The molecule has 0 aliphatic rings. The average Bonchev–Trinajstić information content (AvgIpc) is 2.59. The zero-order valence-electron chi connectivity index (χ0n) is 14.2. The molecule has 0 aliphatic carbocycles. The van der Waals surface area contributed by atoms with Gasteiger partial charge in [-0.3, -0.25) is 4.79 Å². The summed E-state index contributed by atoms with van der Waals surface area (Å²) in [5.74, 6) is 0.797. The van der Waals surface area contributed by atoms with Crippen LogP contribution < -0.4 is 10.1 Å². The van der Waals surface area contributed by atoms with E-state index in [0.29, 0.717) is 24.7 Å². The number of nitrogens with zero attached hydrogens (tertiary/aromatic N) is 2. The lowest BCUT2D eigenvalue weighted by Gasteiger charge is -2.11. The Balaban J connectivity index is 1.89. The monoisotopic (exact) mass is 331 g/mol. The van der Waals surface area contributed by atoms with Crippen LogP contribution in [-0.2, 0) is 17.8 Å². The Morgan fingerprint density at radius 3 is 2.58 bits per heavy atom. The first kappa shape index (κ1) is 17.8. The number of halogens is 1. The number of aryl methyl sites for hydroxylation is 1. The van der Waals surface area contributed by atoms with Crippen LogP contribution >= 0.6 is 0 Å². The second kappa shape index (κ2) is 8.38. The molecule has 0 atom stereocenters. The van der Waals surface area contributed by atoms with E-state index in [4.69, 9.17) is 4.74 Å². The molecule has 0 bridgehead atoms. The third-order valence-corrected chi connectivity index (χ3v) is 3.43. The van der Waals surface area contributed by atoms with Crippen LogP contribution in [0, 0.1) is 5.82 Å². The van der Waals surface area contributed by atoms with E-state index in [2.05, 4.69) is 15.3 Å². The van der Waals surface area contributed by atoms with Crippen molar-refractivity contribution in [1.29, 1.82) is 0 Å². The Labute approximate surface area is 141 Å². The molecule has 0 fully saturated rings. The number of hydrogen-bond donors (Lipinski definition) is 1. The number of ether oxygens (including phenoxy) is 1. The van der Waals surface area contributed by atoms with E-state index in [1.165, 1.54) is 12.1 Å².